The van der Waals surface area contributed by atoms with E-state index in [1.165, 1.54) is 0 Å². The van der Waals surface area contributed by atoms with E-state index in [0.717, 1.165) is 11.1 Å². The van der Waals surface area contributed by atoms with Gasteiger partial charge in [0.2, 0.25) is 0 Å². The molecule has 0 N–H and O–H groups in total. The van der Waals surface area contributed by atoms with Gasteiger partial charge in [-0.1, -0.05) is 35.9 Å². The molecule has 0 spiro atoms. The van der Waals surface area contributed by atoms with Crippen molar-refractivity contribution in [3.05, 3.63) is 119 Å². The first-order chi connectivity index (χ1) is 12.8. The molecule has 0 heterocycles. The van der Waals surface area contributed by atoms with Gasteiger partial charge < -0.3 is 0 Å². The van der Waals surface area contributed by atoms with Crippen LogP contribution < -0.4 is 0 Å². The Morgan fingerprint density at radius 1 is 0.630 bits per heavy atom. The van der Waals surface area contributed by atoms with Gasteiger partial charge in [0.25, 0.3) is 0 Å². The van der Waals surface area contributed by atoms with Gasteiger partial charge in [0.05, 0.1) is 0 Å². The van der Waals surface area contributed by atoms with Crippen LogP contribution in [0.25, 0.3) is 11.1 Å². The molecule has 3 heteroatoms. The van der Waals surface area contributed by atoms with E-state index in [0.29, 0.717) is 22.3 Å². The average Bonchev–Trinajstić information content (AvgIpc) is 3.42. The normalized spacial score (nSPS) is 11.6. The van der Waals surface area contributed by atoms with Crippen LogP contribution >= 0.6 is 0 Å². The molecular formula is C24H16FeO2-2. The minimum absolute atomic E-state index is 0. The molecule has 0 unspecified atom stereocenters. The fraction of sp³-hybridized carbons (Fsp3) is 0. The van der Waals surface area contributed by atoms with Crippen molar-refractivity contribution < 1.29 is 26.7 Å². The Balaban J connectivity index is 0.000000306. The smallest absolute Gasteiger partial charge is 0.193 e. The fourth-order valence-electron chi connectivity index (χ4n) is 3.17. The molecule has 0 fully saturated rings. The van der Waals surface area contributed by atoms with E-state index in [1.54, 1.807) is 30.3 Å². The van der Waals surface area contributed by atoms with Gasteiger partial charge in [0, 0.05) is 39.3 Å². The van der Waals surface area contributed by atoms with Crippen LogP contribution in [0.5, 0.6) is 0 Å². The predicted octanol–water partition coefficient (Wildman–Crippen LogP) is 5.25. The van der Waals surface area contributed by atoms with Crippen LogP contribution in [-0.4, -0.2) is 11.6 Å². The van der Waals surface area contributed by atoms with Crippen molar-refractivity contribution in [3.8, 4) is 11.1 Å². The Morgan fingerprint density at radius 2 is 1.19 bits per heavy atom. The molecule has 0 amide bonds. The summed E-state index contributed by atoms with van der Waals surface area (Å²) in [6.45, 7) is 0. The van der Waals surface area contributed by atoms with Gasteiger partial charge >= 0.3 is 0 Å². The average molecular weight is 392 g/mol. The third-order valence-electron chi connectivity index (χ3n) is 4.48. The zero-order valence-electron chi connectivity index (χ0n) is 14.4. The Labute approximate surface area is 168 Å². The van der Waals surface area contributed by atoms with Crippen LogP contribution in [-0.2, 0) is 17.1 Å². The number of ketones is 2. The first-order valence-corrected chi connectivity index (χ1v) is 8.47. The van der Waals surface area contributed by atoms with E-state index >= 15 is 0 Å². The molecule has 2 nitrogen and oxygen atoms in total. The molecule has 0 bridgehead atoms. The molecule has 0 aliphatic heterocycles. The number of hydrogen-bond donors (Lipinski definition) is 0. The van der Waals surface area contributed by atoms with Gasteiger partial charge in [0.15, 0.2) is 11.6 Å². The molecule has 0 aromatic heterocycles. The van der Waals surface area contributed by atoms with Gasteiger partial charge in [-0.25, -0.2) is 12.1 Å². The van der Waals surface area contributed by atoms with Crippen molar-refractivity contribution in [3.63, 3.8) is 0 Å². The number of fused-ring (bicyclic) bond motifs is 2. The van der Waals surface area contributed by atoms with E-state index in [-0.39, 0.29) is 28.6 Å². The zero-order valence-corrected chi connectivity index (χ0v) is 15.5. The summed E-state index contributed by atoms with van der Waals surface area (Å²) in [6.07, 6.45) is 0. The van der Waals surface area contributed by atoms with Gasteiger partial charge in [-0.15, -0.1) is 29.8 Å². The minimum Gasteiger partial charge on any atom is -0.289 e. The van der Waals surface area contributed by atoms with Gasteiger partial charge in [0.1, 0.15) is 0 Å². The third-order valence-corrected chi connectivity index (χ3v) is 4.48. The maximum Gasteiger partial charge on any atom is 0.193 e. The largest absolute Gasteiger partial charge is 0.289 e. The van der Waals surface area contributed by atoms with Gasteiger partial charge in [-0.3, -0.25) is 9.59 Å². The molecule has 5 rings (SSSR count). The molecule has 4 aromatic carbocycles. The summed E-state index contributed by atoms with van der Waals surface area (Å²) >= 11 is 0. The fourth-order valence-corrected chi connectivity index (χ4v) is 3.17. The molecule has 134 valence electrons. The van der Waals surface area contributed by atoms with E-state index in [1.807, 2.05) is 66.7 Å². The molecular weight excluding hydrogens is 376 g/mol. The number of carbonyl (C=O) groups excluding carboxylic acids is 2. The molecule has 1 aliphatic rings. The van der Waals surface area contributed by atoms with Crippen molar-refractivity contribution >= 4 is 11.6 Å². The van der Waals surface area contributed by atoms with E-state index in [4.69, 9.17) is 0 Å². The van der Waals surface area contributed by atoms with Crippen molar-refractivity contribution in [2.75, 3.05) is 0 Å². The van der Waals surface area contributed by atoms with Crippen molar-refractivity contribution in [2.45, 2.75) is 0 Å². The summed E-state index contributed by atoms with van der Waals surface area (Å²) in [5.74, 6) is -0.150. The minimum atomic E-state index is -0.0754. The van der Waals surface area contributed by atoms with Crippen molar-refractivity contribution in [2.24, 2.45) is 0 Å². The molecule has 27 heavy (non-hydrogen) atoms. The Bertz CT molecular complexity index is 1040. The second-order valence-corrected chi connectivity index (χ2v) is 6.10. The van der Waals surface area contributed by atoms with E-state index in [9.17, 15) is 9.59 Å². The van der Waals surface area contributed by atoms with Crippen LogP contribution in [0.4, 0.5) is 0 Å². The number of hydrogen-bond acceptors (Lipinski definition) is 2. The maximum atomic E-state index is 12.6. The number of rotatable bonds is 1. The Morgan fingerprint density at radius 3 is 1.74 bits per heavy atom. The first kappa shape index (κ1) is 18.8. The Hall–Kier alpha value is -3.00. The molecule has 0 atom stereocenters. The van der Waals surface area contributed by atoms with Crippen molar-refractivity contribution in [1.82, 2.24) is 0 Å². The predicted molar refractivity (Wildman–Crippen MR) is 103 cm³/mol. The summed E-state index contributed by atoms with van der Waals surface area (Å²) < 4.78 is 0. The van der Waals surface area contributed by atoms with E-state index < -0.39 is 0 Å². The van der Waals surface area contributed by atoms with Crippen molar-refractivity contribution in [1.29, 1.82) is 0 Å². The molecule has 1 aliphatic carbocycles. The van der Waals surface area contributed by atoms with Crippen LogP contribution in [0.3, 0.4) is 0 Å². The monoisotopic (exact) mass is 392 g/mol. The molecule has 0 saturated heterocycles. The summed E-state index contributed by atoms with van der Waals surface area (Å²) in [6, 6.07) is 30.4. The van der Waals surface area contributed by atoms with Crippen LogP contribution in [0.1, 0.15) is 31.8 Å². The van der Waals surface area contributed by atoms with Crippen LogP contribution in [0.15, 0.2) is 97.1 Å². The zero-order chi connectivity index (χ0) is 17.9. The van der Waals surface area contributed by atoms with Crippen LogP contribution in [0, 0.1) is 0 Å². The summed E-state index contributed by atoms with van der Waals surface area (Å²) in [5, 5.41) is 0. The molecule has 4 aromatic rings. The third kappa shape index (κ3) is 3.61. The quantitative estimate of drug-likeness (QED) is 0.288. The summed E-state index contributed by atoms with van der Waals surface area (Å²) in [7, 11) is 0. The second-order valence-electron chi connectivity index (χ2n) is 6.10. The first-order valence-electron chi connectivity index (χ1n) is 8.47. The van der Waals surface area contributed by atoms with Crippen LogP contribution in [0.2, 0.25) is 0 Å². The topological polar surface area (TPSA) is 34.1 Å². The Kier molecular flexibility index (Phi) is 5.66. The van der Waals surface area contributed by atoms with Gasteiger partial charge in [-0.05, 0) is 0 Å². The number of carbonyl (C=O) groups is 2. The number of benzene rings is 2. The maximum absolute atomic E-state index is 12.6. The summed E-state index contributed by atoms with van der Waals surface area (Å²) in [4.78, 5) is 25.1. The SMILES string of the molecule is O=C1c2ccccc2C(=O)c2cc(-[c-]3cccc3)ccc21.[Fe].c1cc[cH-]c1. The van der Waals surface area contributed by atoms with E-state index in [2.05, 4.69) is 0 Å². The second kappa shape index (κ2) is 8.13. The standard InChI is InChI=1S/C19H11O2.C5H5.Fe/c20-18-14-7-3-4-8-15(14)19(21)17-11-13(9-10-16(17)18)12-5-1-2-6-12;1-2-4-5-3-1;/h1-11H;1-5H;/q2*-1;. The summed E-state index contributed by atoms with van der Waals surface area (Å²) in [5.41, 5.74) is 3.99. The molecule has 0 saturated carbocycles. The molecule has 0 radical (unpaired) electrons. The van der Waals surface area contributed by atoms with Gasteiger partial charge in [-0.2, -0.15) is 30.3 Å².